The predicted octanol–water partition coefficient (Wildman–Crippen LogP) is 4.19. The number of benzene rings is 2. The second-order valence-corrected chi connectivity index (χ2v) is 5.87. The fourth-order valence-electron chi connectivity index (χ4n) is 1.95. The summed E-state index contributed by atoms with van der Waals surface area (Å²) in [5, 5.41) is 0.559. The summed E-state index contributed by atoms with van der Waals surface area (Å²) in [6.07, 6.45) is 0. The molecule has 2 aromatic carbocycles. The van der Waals surface area contributed by atoms with Crippen LogP contribution in [0.15, 0.2) is 47.5 Å². The van der Waals surface area contributed by atoms with Crippen LogP contribution in [-0.4, -0.2) is 12.3 Å². The van der Waals surface area contributed by atoms with E-state index < -0.39 is 0 Å². The Kier molecular flexibility index (Phi) is 5.28. The third-order valence-corrected chi connectivity index (χ3v) is 4.02. The highest BCUT2D eigenvalue weighted by atomic mass is 32.2. The van der Waals surface area contributed by atoms with Crippen molar-refractivity contribution in [3.8, 4) is 5.75 Å². The molecule has 0 atom stereocenters. The average Bonchev–Trinajstić information content (AvgIpc) is 2.48. The molecule has 0 aliphatic carbocycles. The summed E-state index contributed by atoms with van der Waals surface area (Å²) in [5.41, 5.74) is 10.6. The zero-order valence-corrected chi connectivity index (χ0v) is 13.4. The highest BCUT2D eigenvalue weighted by molar-refractivity contribution is 8.13. The molecule has 21 heavy (non-hydrogen) atoms. The summed E-state index contributed by atoms with van der Waals surface area (Å²) < 4.78 is 5.18. The smallest absolute Gasteiger partial charge is 0.159 e. The predicted molar refractivity (Wildman–Crippen MR) is 91.5 cm³/mol. The third-order valence-electron chi connectivity index (χ3n) is 3.17. The summed E-state index contributed by atoms with van der Waals surface area (Å²) >= 11 is 1.55. The lowest BCUT2D eigenvalue weighted by molar-refractivity contribution is 0.415. The van der Waals surface area contributed by atoms with Crippen LogP contribution < -0.4 is 10.5 Å². The molecule has 0 aliphatic rings. The first kappa shape index (κ1) is 15.4. The van der Waals surface area contributed by atoms with Crippen LogP contribution in [0, 0.1) is 13.8 Å². The molecule has 2 rings (SSSR count). The Morgan fingerprint density at radius 2 is 2.00 bits per heavy atom. The molecule has 0 heterocycles. The van der Waals surface area contributed by atoms with Crippen molar-refractivity contribution in [3.63, 3.8) is 0 Å². The van der Waals surface area contributed by atoms with Crippen LogP contribution in [0.2, 0.25) is 0 Å². The summed E-state index contributed by atoms with van der Waals surface area (Å²) in [5.74, 6) is 1.61. The van der Waals surface area contributed by atoms with Gasteiger partial charge in [-0.25, -0.2) is 4.99 Å². The number of nitrogens with zero attached hydrogens (tertiary/aromatic N) is 1. The first-order chi connectivity index (χ1) is 10.1. The van der Waals surface area contributed by atoms with Crippen molar-refractivity contribution in [1.29, 1.82) is 0 Å². The third kappa shape index (κ3) is 4.53. The van der Waals surface area contributed by atoms with Crippen molar-refractivity contribution < 1.29 is 4.74 Å². The van der Waals surface area contributed by atoms with E-state index in [1.807, 2.05) is 24.3 Å². The molecule has 0 radical (unpaired) electrons. The van der Waals surface area contributed by atoms with E-state index in [2.05, 4.69) is 37.0 Å². The highest BCUT2D eigenvalue weighted by Crippen LogP contribution is 2.22. The topological polar surface area (TPSA) is 47.6 Å². The molecule has 110 valence electrons. The van der Waals surface area contributed by atoms with Crippen LogP contribution in [0.4, 0.5) is 5.69 Å². The lowest BCUT2D eigenvalue weighted by Crippen LogP contribution is -2.06. The van der Waals surface area contributed by atoms with Gasteiger partial charge in [0.25, 0.3) is 0 Å². The van der Waals surface area contributed by atoms with Gasteiger partial charge in [0.15, 0.2) is 5.17 Å². The van der Waals surface area contributed by atoms with Gasteiger partial charge in [0.2, 0.25) is 0 Å². The van der Waals surface area contributed by atoms with Crippen LogP contribution >= 0.6 is 11.8 Å². The van der Waals surface area contributed by atoms with E-state index in [1.165, 1.54) is 16.7 Å². The molecule has 4 heteroatoms. The van der Waals surface area contributed by atoms with Gasteiger partial charge in [-0.05, 0) is 37.1 Å². The molecule has 0 unspecified atom stereocenters. The molecule has 0 amide bonds. The summed E-state index contributed by atoms with van der Waals surface area (Å²) in [7, 11) is 1.64. The van der Waals surface area contributed by atoms with Gasteiger partial charge in [0.05, 0.1) is 12.8 Å². The monoisotopic (exact) mass is 300 g/mol. The van der Waals surface area contributed by atoms with Crippen molar-refractivity contribution in [2.24, 2.45) is 10.7 Å². The van der Waals surface area contributed by atoms with Crippen LogP contribution in [0.5, 0.6) is 5.75 Å². The number of amidine groups is 1. The summed E-state index contributed by atoms with van der Waals surface area (Å²) in [6, 6.07) is 14.0. The number of rotatable bonds is 4. The largest absolute Gasteiger partial charge is 0.497 e. The molecule has 0 bridgehead atoms. The molecule has 2 N–H and O–H groups in total. The van der Waals surface area contributed by atoms with Gasteiger partial charge in [0.1, 0.15) is 5.75 Å². The van der Waals surface area contributed by atoms with E-state index >= 15 is 0 Å². The van der Waals surface area contributed by atoms with Crippen LogP contribution in [-0.2, 0) is 5.75 Å². The van der Waals surface area contributed by atoms with Gasteiger partial charge in [-0.1, -0.05) is 41.6 Å². The van der Waals surface area contributed by atoms with Gasteiger partial charge >= 0.3 is 0 Å². The van der Waals surface area contributed by atoms with Gasteiger partial charge < -0.3 is 10.5 Å². The van der Waals surface area contributed by atoms with Crippen molar-refractivity contribution in [2.45, 2.75) is 19.6 Å². The average molecular weight is 300 g/mol. The molecule has 0 saturated carbocycles. The second-order valence-electron chi connectivity index (χ2n) is 4.87. The van der Waals surface area contributed by atoms with Gasteiger partial charge in [-0.15, -0.1) is 0 Å². The minimum Gasteiger partial charge on any atom is -0.497 e. The standard InChI is InChI=1S/C17H20N2OS/c1-12-7-8-13(2)14(9-12)11-21-17(18)19-15-5-4-6-16(10-15)20-3/h4-10H,11H2,1-3H3,(H2,18,19). The molecule has 0 fully saturated rings. The fourth-order valence-corrected chi connectivity index (χ4v) is 2.73. The quantitative estimate of drug-likeness (QED) is 0.680. The highest BCUT2D eigenvalue weighted by Gasteiger charge is 2.02. The van der Waals surface area contributed by atoms with Crippen LogP contribution in [0.25, 0.3) is 0 Å². The Balaban J connectivity index is 2.05. The molecular formula is C17H20N2OS. The number of hydrogen-bond donors (Lipinski definition) is 1. The Bertz CT molecular complexity index is 653. The number of methoxy groups -OCH3 is 1. The fraction of sp³-hybridized carbons (Fsp3) is 0.235. The van der Waals surface area contributed by atoms with Crippen LogP contribution in [0.1, 0.15) is 16.7 Å². The lowest BCUT2D eigenvalue weighted by atomic mass is 10.1. The van der Waals surface area contributed by atoms with Crippen LogP contribution in [0.3, 0.4) is 0 Å². The van der Waals surface area contributed by atoms with Crippen molar-refractivity contribution in [3.05, 3.63) is 59.2 Å². The maximum absolute atomic E-state index is 6.01. The molecule has 3 nitrogen and oxygen atoms in total. The number of aryl methyl sites for hydroxylation is 2. The van der Waals surface area contributed by atoms with Crippen molar-refractivity contribution >= 4 is 22.6 Å². The lowest BCUT2D eigenvalue weighted by Gasteiger charge is -2.07. The SMILES string of the molecule is COc1cccc(N=C(N)SCc2cc(C)ccc2C)c1. The van der Waals surface area contributed by atoms with Gasteiger partial charge in [-0.3, -0.25) is 0 Å². The first-order valence-corrected chi connectivity index (χ1v) is 7.74. The summed E-state index contributed by atoms with van der Waals surface area (Å²) in [4.78, 5) is 4.41. The molecule has 0 aromatic heterocycles. The first-order valence-electron chi connectivity index (χ1n) is 6.75. The maximum Gasteiger partial charge on any atom is 0.159 e. The second kappa shape index (κ2) is 7.18. The number of hydrogen-bond acceptors (Lipinski definition) is 3. The molecule has 0 saturated heterocycles. The molecule has 2 aromatic rings. The maximum atomic E-state index is 6.01. The van der Waals surface area contributed by atoms with E-state index in [-0.39, 0.29) is 0 Å². The Morgan fingerprint density at radius 3 is 2.76 bits per heavy atom. The zero-order chi connectivity index (χ0) is 15.2. The van der Waals surface area contributed by atoms with Gasteiger partial charge in [0, 0.05) is 11.8 Å². The van der Waals surface area contributed by atoms with E-state index in [1.54, 1.807) is 18.9 Å². The van der Waals surface area contributed by atoms with Crippen molar-refractivity contribution in [1.82, 2.24) is 0 Å². The minimum atomic E-state index is 0.559. The van der Waals surface area contributed by atoms with E-state index in [0.717, 1.165) is 17.2 Å². The minimum absolute atomic E-state index is 0.559. The van der Waals surface area contributed by atoms with Crippen molar-refractivity contribution in [2.75, 3.05) is 7.11 Å². The number of thioether (sulfide) groups is 1. The number of nitrogens with two attached hydrogens (primary N) is 1. The number of aliphatic imine (C=N–C) groups is 1. The van der Waals surface area contributed by atoms with Gasteiger partial charge in [-0.2, -0.15) is 0 Å². The Hall–Kier alpha value is -1.94. The van der Waals surface area contributed by atoms with E-state index in [0.29, 0.717) is 5.17 Å². The Morgan fingerprint density at radius 1 is 1.19 bits per heavy atom. The zero-order valence-electron chi connectivity index (χ0n) is 12.6. The van der Waals surface area contributed by atoms with E-state index in [9.17, 15) is 0 Å². The molecule has 0 spiro atoms. The summed E-state index contributed by atoms with van der Waals surface area (Å²) in [6.45, 7) is 4.21. The molecule has 0 aliphatic heterocycles. The molecular weight excluding hydrogens is 280 g/mol. The normalized spacial score (nSPS) is 11.5. The van der Waals surface area contributed by atoms with E-state index in [4.69, 9.17) is 10.5 Å². The number of ether oxygens (including phenoxy) is 1. The Labute approximate surface area is 130 Å².